The molecule has 0 aliphatic carbocycles. The molecule has 2 aromatic rings. The number of hydrogen-bond acceptors (Lipinski definition) is 4. The molecule has 2 rings (SSSR count). The second-order valence-corrected chi connectivity index (χ2v) is 5.15. The summed E-state index contributed by atoms with van der Waals surface area (Å²) in [5, 5.41) is 13.1. The van der Waals surface area contributed by atoms with Crippen molar-refractivity contribution < 1.29 is 9.90 Å². The van der Waals surface area contributed by atoms with Gasteiger partial charge in [-0.3, -0.25) is 0 Å². The van der Waals surface area contributed by atoms with Gasteiger partial charge in [-0.2, -0.15) is 5.10 Å². The Morgan fingerprint density at radius 2 is 2.26 bits per heavy atom. The molecule has 0 aliphatic heterocycles. The lowest BCUT2D eigenvalue weighted by Crippen LogP contribution is -2.00. The number of aromatic carboxylic acids is 1. The fourth-order valence-corrected chi connectivity index (χ4v) is 2.23. The van der Waals surface area contributed by atoms with Crippen LogP contribution in [-0.4, -0.2) is 27.0 Å². The number of nitrogens with zero attached hydrogens (tertiary/aromatic N) is 3. The molecular weight excluding hydrogens is 359 g/mol. The van der Waals surface area contributed by atoms with Crippen molar-refractivity contribution in [3.63, 3.8) is 0 Å². The maximum Gasteiger partial charge on any atom is 0.335 e. The Morgan fingerprint density at radius 3 is 2.84 bits per heavy atom. The van der Waals surface area contributed by atoms with E-state index in [0.29, 0.717) is 5.56 Å². The lowest BCUT2D eigenvalue weighted by atomic mass is 10.1. The fourth-order valence-electron chi connectivity index (χ4n) is 1.54. The Labute approximate surface area is 123 Å². The first-order valence-corrected chi connectivity index (χ1v) is 6.43. The predicted octanol–water partition coefficient (Wildman–Crippen LogP) is 1.96. The lowest BCUT2D eigenvalue weighted by molar-refractivity contribution is 0.0697. The summed E-state index contributed by atoms with van der Waals surface area (Å²) >= 11 is 2.06. The van der Waals surface area contributed by atoms with Gasteiger partial charge in [-0.05, 0) is 53.3 Å². The number of imidazole rings is 1. The van der Waals surface area contributed by atoms with Crippen molar-refractivity contribution in [2.45, 2.75) is 6.92 Å². The first-order valence-electron chi connectivity index (χ1n) is 5.35. The largest absolute Gasteiger partial charge is 0.478 e. The van der Waals surface area contributed by atoms with Gasteiger partial charge in [0.05, 0.1) is 23.7 Å². The summed E-state index contributed by atoms with van der Waals surface area (Å²) in [7, 11) is 0. The summed E-state index contributed by atoms with van der Waals surface area (Å²) in [6, 6.07) is 4.97. The van der Waals surface area contributed by atoms with Gasteiger partial charge in [-0.15, -0.1) is 0 Å². The molecule has 1 aromatic carbocycles. The van der Waals surface area contributed by atoms with Crippen LogP contribution in [0.5, 0.6) is 0 Å². The molecule has 0 atom stereocenters. The molecular formula is C12H11IN4O2. The minimum absolute atomic E-state index is 0.225. The molecule has 0 unspecified atom stereocenters. The smallest absolute Gasteiger partial charge is 0.335 e. The topological polar surface area (TPSA) is 93.5 Å². The normalized spacial score (nSPS) is 11.1. The second kappa shape index (κ2) is 5.39. The van der Waals surface area contributed by atoms with Gasteiger partial charge < -0.3 is 10.8 Å². The summed E-state index contributed by atoms with van der Waals surface area (Å²) in [6.45, 7) is 1.82. The second-order valence-electron chi connectivity index (χ2n) is 3.91. The number of hydrogen-bond donors (Lipinski definition) is 2. The van der Waals surface area contributed by atoms with E-state index in [4.69, 9.17) is 10.8 Å². The average molecular weight is 370 g/mol. The monoisotopic (exact) mass is 370 g/mol. The highest BCUT2D eigenvalue weighted by atomic mass is 127. The van der Waals surface area contributed by atoms with Gasteiger partial charge in [-0.1, -0.05) is 0 Å². The number of nitrogen functional groups attached to an aromatic ring is 1. The average Bonchev–Trinajstić information content (AvgIpc) is 2.64. The standard InChI is InChI=1S/C12H11IN4O2/c1-7-6-17(12(14)16-7)15-5-8-2-9(11(18)19)4-10(13)3-8/h2-6H,1H3,(H2,14,16)(H,18,19). The number of carboxylic acid groups (broad SMARTS) is 1. The van der Waals surface area contributed by atoms with Crippen LogP contribution in [0.15, 0.2) is 29.5 Å². The molecule has 1 aromatic heterocycles. The molecule has 0 saturated carbocycles. The third-order valence-electron chi connectivity index (χ3n) is 2.33. The number of anilines is 1. The molecule has 0 radical (unpaired) electrons. The van der Waals surface area contributed by atoms with Crippen LogP contribution in [0, 0.1) is 10.5 Å². The van der Waals surface area contributed by atoms with E-state index in [1.165, 1.54) is 4.68 Å². The van der Waals surface area contributed by atoms with Gasteiger partial charge in [0, 0.05) is 3.57 Å². The van der Waals surface area contributed by atoms with Gasteiger partial charge in [0.2, 0.25) is 5.95 Å². The van der Waals surface area contributed by atoms with Gasteiger partial charge in [0.1, 0.15) is 0 Å². The Kier molecular flexibility index (Phi) is 3.84. The summed E-state index contributed by atoms with van der Waals surface area (Å²) in [5.41, 5.74) is 7.34. The Bertz CT molecular complexity index is 664. The van der Waals surface area contributed by atoms with E-state index in [1.54, 1.807) is 24.5 Å². The number of aromatic nitrogens is 2. The molecule has 1 heterocycles. The number of nitrogens with two attached hydrogens (primary N) is 1. The van der Waals surface area contributed by atoms with Crippen LogP contribution in [0.4, 0.5) is 5.95 Å². The number of aryl methyl sites for hydroxylation is 1. The van der Waals surface area contributed by atoms with Crippen LogP contribution in [0.2, 0.25) is 0 Å². The zero-order valence-corrected chi connectivity index (χ0v) is 12.2. The predicted molar refractivity (Wildman–Crippen MR) is 80.5 cm³/mol. The molecule has 0 aliphatic rings. The maximum atomic E-state index is 11.0. The van der Waals surface area contributed by atoms with Crippen molar-refractivity contribution >= 4 is 40.7 Å². The van der Waals surface area contributed by atoms with Crippen LogP contribution in [-0.2, 0) is 0 Å². The lowest BCUT2D eigenvalue weighted by Gasteiger charge is -2.00. The SMILES string of the molecule is Cc1cn(N=Cc2cc(I)cc(C(=O)O)c2)c(N)n1. The Hall–Kier alpha value is -1.90. The molecule has 98 valence electrons. The summed E-state index contributed by atoms with van der Waals surface area (Å²) < 4.78 is 2.27. The highest BCUT2D eigenvalue weighted by Gasteiger charge is 2.05. The molecule has 3 N–H and O–H groups in total. The number of halogens is 1. The summed E-state index contributed by atoms with van der Waals surface area (Å²) in [5.74, 6) is -0.677. The van der Waals surface area contributed by atoms with Crippen molar-refractivity contribution in [2.75, 3.05) is 5.73 Å². The van der Waals surface area contributed by atoms with Crippen LogP contribution >= 0.6 is 22.6 Å². The molecule has 6 nitrogen and oxygen atoms in total. The van der Waals surface area contributed by atoms with E-state index in [0.717, 1.165) is 9.26 Å². The highest BCUT2D eigenvalue weighted by molar-refractivity contribution is 14.1. The minimum atomic E-state index is -0.967. The molecule has 0 amide bonds. The number of rotatable bonds is 3. The van der Waals surface area contributed by atoms with Crippen LogP contribution in [0.1, 0.15) is 21.6 Å². The van der Waals surface area contributed by atoms with E-state index >= 15 is 0 Å². The van der Waals surface area contributed by atoms with Crippen LogP contribution < -0.4 is 5.73 Å². The minimum Gasteiger partial charge on any atom is -0.478 e. The van der Waals surface area contributed by atoms with E-state index in [-0.39, 0.29) is 11.5 Å². The van der Waals surface area contributed by atoms with Gasteiger partial charge >= 0.3 is 5.97 Å². The van der Waals surface area contributed by atoms with Gasteiger partial charge in [-0.25, -0.2) is 14.5 Å². The first kappa shape index (κ1) is 13.5. The highest BCUT2D eigenvalue weighted by Crippen LogP contribution is 2.12. The third kappa shape index (κ3) is 3.31. The summed E-state index contributed by atoms with van der Waals surface area (Å²) in [4.78, 5) is 15.0. The third-order valence-corrected chi connectivity index (χ3v) is 2.96. The molecule has 7 heteroatoms. The van der Waals surface area contributed by atoms with Gasteiger partial charge in [0.15, 0.2) is 0 Å². The van der Waals surface area contributed by atoms with Crippen molar-refractivity contribution in [1.29, 1.82) is 0 Å². The fraction of sp³-hybridized carbons (Fsp3) is 0.0833. The molecule has 0 spiro atoms. The first-order chi connectivity index (χ1) is 8.95. The number of benzene rings is 1. The Balaban J connectivity index is 2.33. The van der Waals surface area contributed by atoms with Crippen molar-refractivity contribution in [3.05, 3.63) is 44.8 Å². The van der Waals surface area contributed by atoms with Crippen LogP contribution in [0.25, 0.3) is 0 Å². The number of carbonyl (C=O) groups is 1. The quantitative estimate of drug-likeness (QED) is 0.638. The molecule has 0 fully saturated rings. The number of carboxylic acids is 1. The van der Waals surface area contributed by atoms with Crippen molar-refractivity contribution in [2.24, 2.45) is 5.10 Å². The summed E-state index contributed by atoms with van der Waals surface area (Å²) in [6.07, 6.45) is 3.24. The van der Waals surface area contributed by atoms with E-state index in [2.05, 4.69) is 32.7 Å². The van der Waals surface area contributed by atoms with Crippen molar-refractivity contribution in [1.82, 2.24) is 9.66 Å². The van der Waals surface area contributed by atoms with Crippen LogP contribution in [0.3, 0.4) is 0 Å². The van der Waals surface area contributed by atoms with Gasteiger partial charge in [0.25, 0.3) is 0 Å². The zero-order chi connectivity index (χ0) is 14.0. The maximum absolute atomic E-state index is 11.0. The van der Waals surface area contributed by atoms with E-state index < -0.39 is 5.97 Å². The van der Waals surface area contributed by atoms with E-state index in [9.17, 15) is 4.79 Å². The molecule has 0 saturated heterocycles. The Morgan fingerprint density at radius 1 is 1.53 bits per heavy atom. The van der Waals surface area contributed by atoms with Crippen molar-refractivity contribution in [3.8, 4) is 0 Å². The zero-order valence-electron chi connectivity index (χ0n) is 10.0. The molecule has 19 heavy (non-hydrogen) atoms. The molecule has 0 bridgehead atoms. The van der Waals surface area contributed by atoms with E-state index in [1.807, 2.05) is 13.0 Å².